The molecule has 0 aromatic rings. The van der Waals surface area contributed by atoms with E-state index in [4.69, 9.17) is 5.11 Å². The second kappa shape index (κ2) is 4.84. The number of hydrogen-bond acceptors (Lipinski definition) is 2. The van der Waals surface area contributed by atoms with Crippen molar-refractivity contribution in [2.45, 2.75) is 67.3 Å². The van der Waals surface area contributed by atoms with Crippen molar-refractivity contribution in [2.75, 3.05) is 7.05 Å². The first-order chi connectivity index (χ1) is 7.73. The Labute approximate surface area is 112 Å². The first kappa shape index (κ1) is 17.4. The molecule has 0 aromatic carbocycles. The van der Waals surface area contributed by atoms with Crippen LogP contribution in [0.15, 0.2) is 0 Å². The predicted molar refractivity (Wildman–Crippen MR) is 76.7 cm³/mol. The fourth-order valence-corrected chi connectivity index (χ4v) is 2.54. The highest BCUT2D eigenvalue weighted by atomic mass is 16.4. The van der Waals surface area contributed by atoms with Gasteiger partial charge in [-0.05, 0) is 37.1 Å². The lowest BCUT2D eigenvalue weighted by atomic mass is 9.49. The number of hydrogen-bond donors (Lipinski definition) is 2. The predicted octanol–water partition coefficient (Wildman–Crippen LogP) is 3.54. The van der Waals surface area contributed by atoms with E-state index in [9.17, 15) is 4.79 Å². The molecule has 0 aliphatic rings. The summed E-state index contributed by atoms with van der Waals surface area (Å²) in [6.45, 7) is 17.2. The molecule has 0 aromatic heterocycles. The maximum atomic E-state index is 11.1. The quantitative estimate of drug-likeness (QED) is 0.765. The number of carboxylic acid groups (broad SMARTS) is 1. The third-order valence-electron chi connectivity index (χ3n) is 6.04. The van der Waals surface area contributed by atoms with Crippen LogP contribution >= 0.6 is 0 Å². The van der Waals surface area contributed by atoms with Crippen LogP contribution in [0.1, 0.15) is 61.8 Å². The van der Waals surface area contributed by atoms with E-state index in [0.717, 1.165) is 0 Å². The van der Waals surface area contributed by atoms with Crippen molar-refractivity contribution in [3.63, 3.8) is 0 Å². The van der Waals surface area contributed by atoms with Gasteiger partial charge in [0.05, 0.1) is 6.42 Å². The average molecular weight is 257 g/mol. The zero-order valence-corrected chi connectivity index (χ0v) is 13.6. The highest BCUT2D eigenvalue weighted by molar-refractivity contribution is 5.67. The molecule has 0 atom stereocenters. The van der Waals surface area contributed by atoms with Crippen molar-refractivity contribution >= 4 is 5.97 Å². The summed E-state index contributed by atoms with van der Waals surface area (Å²) in [4.78, 5) is 11.1. The minimum Gasteiger partial charge on any atom is -0.481 e. The highest BCUT2D eigenvalue weighted by Crippen LogP contribution is 2.57. The molecule has 0 heterocycles. The first-order valence-corrected chi connectivity index (χ1v) is 6.63. The normalized spacial score (nSPS) is 14.7. The summed E-state index contributed by atoms with van der Waals surface area (Å²) in [6.07, 6.45) is 0.184. The number of nitrogens with one attached hydrogen (secondary N) is 1. The summed E-state index contributed by atoms with van der Waals surface area (Å²) in [6, 6.07) is 0. The molecule has 0 amide bonds. The summed E-state index contributed by atoms with van der Waals surface area (Å²) < 4.78 is 0. The van der Waals surface area contributed by atoms with Gasteiger partial charge >= 0.3 is 5.97 Å². The number of carboxylic acids is 1. The fourth-order valence-electron chi connectivity index (χ4n) is 2.54. The molecule has 0 bridgehead atoms. The first-order valence-electron chi connectivity index (χ1n) is 6.63. The van der Waals surface area contributed by atoms with Crippen molar-refractivity contribution < 1.29 is 9.90 Å². The molecule has 0 radical (unpaired) electrons. The van der Waals surface area contributed by atoms with Crippen molar-refractivity contribution in [3.05, 3.63) is 0 Å². The second-order valence-electron chi connectivity index (χ2n) is 7.58. The Kier molecular flexibility index (Phi) is 4.69. The lowest BCUT2D eigenvalue weighted by molar-refractivity contribution is -0.145. The molecule has 0 fully saturated rings. The molecule has 0 unspecified atom stereocenters. The van der Waals surface area contributed by atoms with E-state index < -0.39 is 5.97 Å². The van der Waals surface area contributed by atoms with Gasteiger partial charge in [0, 0.05) is 5.54 Å². The minimum atomic E-state index is -0.730. The largest absolute Gasteiger partial charge is 0.481 e. The molecule has 0 aliphatic heterocycles. The second-order valence-corrected chi connectivity index (χ2v) is 7.58. The molecule has 0 saturated carbocycles. The van der Waals surface area contributed by atoms with Gasteiger partial charge in [-0.1, -0.05) is 41.5 Å². The van der Waals surface area contributed by atoms with Crippen molar-refractivity contribution in [3.8, 4) is 0 Å². The Hall–Kier alpha value is -0.570. The molecule has 0 spiro atoms. The highest BCUT2D eigenvalue weighted by Gasteiger charge is 2.54. The van der Waals surface area contributed by atoms with Gasteiger partial charge in [0.1, 0.15) is 0 Å². The maximum absolute atomic E-state index is 11.1. The zero-order valence-electron chi connectivity index (χ0n) is 13.6. The van der Waals surface area contributed by atoms with Gasteiger partial charge in [0.25, 0.3) is 0 Å². The van der Waals surface area contributed by atoms with Crippen molar-refractivity contribution in [2.24, 2.45) is 16.2 Å². The summed E-state index contributed by atoms with van der Waals surface area (Å²) in [7, 11) is 1.96. The lowest BCUT2D eigenvalue weighted by Gasteiger charge is -2.58. The van der Waals surface area contributed by atoms with Crippen LogP contribution in [0.25, 0.3) is 0 Å². The van der Waals surface area contributed by atoms with Crippen LogP contribution in [0, 0.1) is 16.2 Å². The molecule has 0 saturated heterocycles. The molecule has 2 N–H and O–H groups in total. The third-order valence-corrected chi connectivity index (χ3v) is 6.04. The maximum Gasteiger partial charge on any atom is 0.303 e. The van der Waals surface area contributed by atoms with Gasteiger partial charge in [-0.25, -0.2) is 0 Å². The Balaban J connectivity index is 5.55. The van der Waals surface area contributed by atoms with Crippen LogP contribution in [-0.4, -0.2) is 23.7 Å². The number of aliphatic carboxylic acids is 1. The van der Waals surface area contributed by atoms with Gasteiger partial charge in [-0.3, -0.25) is 4.79 Å². The van der Waals surface area contributed by atoms with E-state index in [2.05, 4.69) is 60.7 Å². The van der Waals surface area contributed by atoms with E-state index in [1.54, 1.807) is 0 Å². The smallest absolute Gasteiger partial charge is 0.303 e. The van der Waals surface area contributed by atoms with Crippen molar-refractivity contribution in [1.82, 2.24) is 5.32 Å². The summed E-state index contributed by atoms with van der Waals surface area (Å²) >= 11 is 0. The lowest BCUT2D eigenvalue weighted by Crippen LogP contribution is -2.60. The molecule has 3 nitrogen and oxygen atoms in total. The molecule has 18 heavy (non-hydrogen) atoms. The Morgan fingerprint density at radius 2 is 1.33 bits per heavy atom. The topological polar surface area (TPSA) is 49.3 Å². The summed E-state index contributed by atoms with van der Waals surface area (Å²) in [5, 5.41) is 12.5. The van der Waals surface area contributed by atoms with Crippen LogP contribution < -0.4 is 5.32 Å². The van der Waals surface area contributed by atoms with Gasteiger partial charge in [0.15, 0.2) is 0 Å². The van der Waals surface area contributed by atoms with Crippen LogP contribution in [0.2, 0.25) is 0 Å². The number of carbonyl (C=O) groups is 1. The van der Waals surface area contributed by atoms with E-state index in [1.165, 1.54) is 0 Å². The fraction of sp³-hybridized carbons (Fsp3) is 0.933. The molecule has 108 valence electrons. The van der Waals surface area contributed by atoms with Gasteiger partial charge in [-0.2, -0.15) is 0 Å². The van der Waals surface area contributed by atoms with E-state index in [0.29, 0.717) is 0 Å². The van der Waals surface area contributed by atoms with Crippen molar-refractivity contribution in [1.29, 1.82) is 0 Å². The number of rotatable bonds is 6. The Morgan fingerprint density at radius 3 is 1.61 bits per heavy atom. The van der Waals surface area contributed by atoms with E-state index >= 15 is 0 Å². The molecule has 3 heteroatoms. The van der Waals surface area contributed by atoms with Crippen LogP contribution in [0.5, 0.6) is 0 Å². The standard InChI is InChI=1S/C15H31NO2/c1-12(2,10-11(17)18)13(3,4)14(5,6)15(7,8)16-9/h16H,10H2,1-9H3,(H,17,18). The van der Waals surface area contributed by atoms with Crippen LogP contribution in [-0.2, 0) is 4.79 Å². The average Bonchev–Trinajstić information content (AvgIpc) is 2.14. The monoisotopic (exact) mass is 257 g/mol. The SMILES string of the molecule is CNC(C)(C)C(C)(C)C(C)(C)C(C)(C)CC(=O)O. The van der Waals surface area contributed by atoms with Gasteiger partial charge < -0.3 is 10.4 Å². The molecule has 0 aliphatic carbocycles. The third kappa shape index (κ3) is 2.71. The van der Waals surface area contributed by atoms with Gasteiger partial charge in [0.2, 0.25) is 0 Å². The van der Waals surface area contributed by atoms with Crippen LogP contribution in [0.3, 0.4) is 0 Å². The van der Waals surface area contributed by atoms with E-state index in [-0.39, 0.29) is 28.2 Å². The summed E-state index contributed by atoms with van der Waals surface area (Å²) in [5.74, 6) is -0.730. The molecular weight excluding hydrogens is 226 g/mol. The molecular formula is C15H31NO2. The van der Waals surface area contributed by atoms with E-state index in [1.807, 2.05) is 7.05 Å². The zero-order chi connectivity index (χ0) is 15.0. The Bertz CT molecular complexity index is 314. The summed E-state index contributed by atoms with van der Waals surface area (Å²) in [5.41, 5.74) is -0.554. The minimum absolute atomic E-state index is 0.0618. The van der Waals surface area contributed by atoms with Gasteiger partial charge in [-0.15, -0.1) is 0 Å². The Morgan fingerprint density at radius 1 is 0.944 bits per heavy atom. The molecule has 0 rings (SSSR count). The van der Waals surface area contributed by atoms with Crippen LogP contribution in [0.4, 0.5) is 0 Å².